The number of benzene rings is 7. The molecule has 3 aromatic heterocycles. The van der Waals surface area contributed by atoms with Crippen LogP contribution in [0.5, 0.6) is 0 Å². The van der Waals surface area contributed by atoms with Crippen LogP contribution in [0.1, 0.15) is 0 Å². The Morgan fingerprint density at radius 3 is 1.24 bits per heavy atom. The van der Waals surface area contributed by atoms with Crippen LogP contribution in [0.4, 0.5) is 0 Å². The van der Waals surface area contributed by atoms with Crippen LogP contribution < -0.4 is 0 Å². The summed E-state index contributed by atoms with van der Waals surface area (Å²) in [4.78, 5) is 20.6. The van der Waals surface area contributed by atoms with Crippen molar-refractivity contribution in [3.8, 4) is 68.1 Å². The lowest BCUT2D eigenvalue weighted by atomic mass is 10.1. The maximum atomic E-state index is 5.27. The SMILES string of the molecule is c1ccc(-c2cc(-c3cccc(-n4c(-c5ccccc5)nc5ccccc54)c3)nc(-c3cccc(-n4c(-c5ccccc5)nc5ccccc54)c3)n2)cc1. The van der Waals surface area contributed by atoms with Crippen molar-refractivity contribution in [2.75, 3.05) is 0 Å². The van der Waals surface area contributed by atoms with Crippen molar-refractivity contribution in [2.45, 2.75) is 0 Å². The van der Waals surface area contributed by atoms with Crippen molar-refractivity contribution in [3.63, 3.8) is 0 Å². The van der Waals surface area contributed by atoms with Gasteiger partial charge in [0.15, 0.2) is 5.82 Å². The molecule has 0 spiro atoms. The van der Waals surface area contributed by atoms with Crippen molar-refractivity contribution in [1.29, 1.82) is 0 Å². The van der Waals surface area contributed by atoms with Gasteiger partial charge in [0.05, 0.1) is 33.5 Å². The third-order valence-corrected chi connectivity index (χ3v) is 9.74. The third kappa shape index (κ3) is 5.63. The fourth-order valence-corrected chi connectivity index (χ4v) is 7.21. The van der Waals surface area contributed by atoms with Gasteiger partial charge in [-0.2, -0.15) is 0 Å². The lowest BCUT2D eigenvalue weighted by Crippen LogP contribution is -2.00. The minimum absolute atomic E-state index is 0.641. The van der Waals surface area contributed by atoms with Gasteiger partial charge in [-0.15, -0.1) is 0 Å². The van der Waals surface area contributed by atoms with Gasteiger partial charge in [0, 0.05) is 39.2 Å². The molecule has 0 saturated carbocycles. The first kappa shape index (κ1) is 31.3. The molecule has 0 atom stereocenters. The summed E-state index contributed by atoms with van der Waals surface area (Å²) in [5.74, 6) is 2.41. The molecule has 3 heterocycles. The average molecular weight is 693 g/mol. The van der Waals surface area contributed by atoms with E-state index in [1.165, 1.54) is 0 Å². The molecule has 0 aliphatic heterocycles. The van der Waals surface area contributed by atoms with Crippen LogP contribution >= 0.6 is 0 Å². The molecule has 7 aromatic carbocycles. The van der Waals surface area contributed by atoms with Gasteiger partial charge in [0.1, 0.15) is 11.6 Å². The number of hydrogen-bond acceptors (Lipinski definition) is 4. The van der Waals surface area contributed by atoms with Crippen LogP contribution in [0.15, 0.2) is 194 Å². The standard InChI is InChI=1S/C48H32N6/c1-4-16-33(17-5-1)42-32-43(36-22-14-24-38(30-36)53-44-28-12-10-26-40(44)51-47(53)34-18-6-2-7-19-34)50-46(49-42)37-23-15-25-39(31-37)54-45-29-13-11-27-41(45)52-48(54)35-20-8-3-9-21-35/h1-32H. The van der Waals surface area contributed by atoms with Crippen molar-refractivity contribution in [3.05, 3.63) is 194 Å². The predicted molar refractivity (Wildman–Crippen MR) is 218 cm³/mol. The van der Waals surface area contributed by atoms with Crippen molar-refractivity contribution in [2.24, 2.45) is 0 Å². The summed E-state index contributed by atoms with van der Waals surface area (Å²) >= 11 is 0. The van der Waals surface area contributed by atoms with Gasteiger partial charge < -0.3 is 0 Å². The van der Waals surface area contributed by atoms with Crippen LogP contribution in [0.3, 0.4) is 0 Å². The lowest BCUT2D eigenvalue weighted by molar-refractivity contribution is 1.10. The highest BCUT2D eigenvalue weighted by molar-refractivity contribution is 5.85. The van der Waals surface area contributed by atoms with Crippen molar-refractivity contribution >= 4 is 22.1 Å². The molecule has 254 valence electrons. The summed E-state index contributed by atoms with van der Waals surface area (Å²) < 4.78 is 4.46. The van der Waals surface area contributed by atoms with Gasteiger partial charge >= 0.3 is 0 Å². The van der Waals surface area contributed by atoms with Crippen LogP contribution in [0, 0.1) is 0 Å². The van der Waals surface area contributed by atoms with Crippen molar-refractivity contribution < 1.29 is 0 Å². The molecule has 0 bridgehead atoms. The highest BCUT2D eigenvalue weighted by atomic mass is 15.1. The molecule has 0 aliphatic carbocycles. The van der Waals surface area contributed by atoms with Gasteiger partial charge in [-0.25, -0.2) is 19.9 Å². The number of aromatic nitrogens is 6. The maximum absolute atomic E-state index is 5.27. The van der Waals surface area contributed by atoms with E-state index < -0.39 is 0 Å². The van der Waals surface area contributed by atoms with E-state index in [9.17, 15) is 0 Å². The Kier molecular flexibility index (Phi) is 7.69. The largest absolute Gasteiger partial charge is 0.292 e. The van der Waals surface area contributed by atoms with E-state index in [0.717, 1.165) is 84.3 Å². The fraction of sp³-hybridized carbons (Fsp3) is 0. The van der Waals surface area contributed by atoms with Crippen LogP contribution in [-0.2, 0) is 0 Å². The number of fused-ring (bicyclic) bond motifs is 2. The van der Waals surface area contributed by atoms with Gasteiger partial charge in [0.2, 0.25) is 0 Å². The second kappa shape index (κ2) is 13.3. The molecule has 0 unspecified atom stereocenters. The van der Waals surface area contributed by atoms with E-state index in [4.69, 9.17) is 19.9 Å². The Hall–Kier alpha value is -7.44. The first-order chi connectivity index (χ1) is 26.8. The lowest BCUT2D eigenvalue weighted by Gasteiger charge is -2.14. The van der Waals surface area contributed by atoms with E-state index in [-0.39, 0.29) is 0 Å². The minimum atomic E-state index is 0.641. The van der Waals surface area contributed by atoms with Crippen LogP contribution in [0.25, 0.3) is 90.1 Å². The molecular formula is C48H32N6. The molecule has 0 saturated heterocycles. The Morgan fingerprint density at radius 1 is 0.296 bits per heavy atom. The first-order valence-electron chi connectivity index (χ1n) is 18.0. The van der Waals surface area contributed by atoms with E-state index in [1.807, 2.05) is 54.6 Å². The first-order valence-corrected chi connectivity index (χ1v) is 18.0. The summed E-state index contributed by atoms with van der Waals surface area (Å²) in [5, 5.41) is 0. The van der Waals surface area contributed by atoms with Crippen LogP contribution in [0.2, 0.25) is 0 Å². The average Bonchev–Trinajstić information content (AvgIpc) is 3.84. The number of para-hydroxylation sites is 4. The molecule has 0 fully saturated rings. The number of nitrogens with zero attached hydrogens (tertiary/aromatic N) is 6. The van der Waals surface area contributed by atoms with E-state index in [2.05, 4.69) is 149 Å². The molecule has 0 N–H and O–H groups in total. The maximum Gasteiger partial charge on any atom is 0.160 e. The molecule has 54 heavy (non-hydrogen) atoms. The monoisotopic (exact) mass is 692 g/mol. The molecule has 6 nitrogen and oxygen atoms in total. The number of imidazole rings is 2. The van der Waals surface area contributed by atoms with Gasteiger partial charge in [-0.05, 0) is 54.6 Å². The fourth-order valence-electron chi connectivity index (χ4n) is 7.21. The molecule has 0 amide bonds. The zero-order valence-corrected chi connectivity index (χ0v) is 29.2. The summed E-state index contributed by atoms with van der Waals surface area (Å²) in [6, 6.07) is 66.6. The number of rotatable bonds is 7. The number of hydrogen-bond donors (Lipinski definition) is 0. The van der Waals surface area contributed by atoms with E-state index >= 15 is 0 Å². The summed E-state index contributed by atoms with van der Waals surface area (Å²) in [7, 11) is 0. The predicted octanol–water partition coefficient (Wildman–Crippen LogP) is 11.5. The Morgan fingerprint density at radius 2 is 0.704 bits per heavy atom. The zero-order chi connectivity index (χ0) is 35.8. The molecular weight excluding hydrogens is 661 g/mol. The molecule has 10 aromatic rings. The van der Waals surface area contributed by atoms with Gasteiger partial charge in [0.25, 0.3) is 0 Å². The highest BCUT2D eigenvalue weighted by Gasteiger charge is 2.18. The topological polar surface area (TPSA) is 61.4 Å². The van der Waals surface area contributed by atoms with Crippen LogP contribution in [-0.4, -0.2) is 29.1 Å². The minimum Gasteiger partial charge on any atom is -0.292 e. The van der Waals surface area contributed by atoms with Gasteiger partial charge in [-0.3, -0.25) is 9.13 Å². The third-order valence-electron chi connectivity index (χ3n) is 9.74. The summed E-state index contributed by atoms with van der Waals surface area (Å²) in [6.07, 6.45) is 0. The normalized spacial score (nSPS) is 11.3. The highest BCUT2D eigenvalue weighted by Crippen LogP contribution is 2.34. The molecule has 6 heteroatoms. The Labute approximate surface area is 312 Å². The van der Waals surface area contributed by atoms with Crippen molar-refractivity contribution in [1.82, 2.24) is 29.1 Å². The molecule has 0 aliphatic rings. The Bertz CT molecular complexity index is 2750. The summed E-state index contributed by atoms with van der Waals surface area (Å²) in [6.45, 7) is 0. The zero-order valence-electron chi connectivity index (χ0n) is 29.2. The van der Waals surface area contributed by atoms with E-state index in [0.29, 0.717) is 5.82 Å². The molecule has 0 radical (unpaired) electrons. The smallest absolute Gasteiger partial charge is 0.160 e. The second-order valence-corrected chi connectivity index (χ2v) is 13.2. The quantitative estimate of drug-likeness (QED) is 0.167. The second-order valence-electron chi connectivity index (χ2n) is 13.2. The van der Waals surface area contributed by atoms with Gasteiger partial charge in [-0.1, -0.05) is 140 Å². The summed E-state index contributed by atoms with van der Waals surface area (Å²) in [5.41, 5.74) is 12.6. The molecule has 10 rings (SSSR count). The Balaban J connectivity index is 1.14. The van der Waals surface area contributed by atoms with E-state index in [1.54, 1.807) is 0 Å².